The van der Waals surface area contributed by atoms with Gasteiger partial charge in [-0.05, 0) is 44.1 Å². The van der Waals surface area contributed by atoms with E-state index in [-0.39, 0.29) is 22.1 Å². The van der Waals surface area contributed by atoms with Gasteiger partial charge in [0.25, 0.3) is 0 Å². The highest BCUT2D eigenvalue weighted by atomic mass is 31.0. The number of aliphatic hydroxyl groups excluding tert-OH is 2. The van der Waals surface area contributed by atoms with Crippen molar-refractivity contribution in [1.29, 1.82) is 0 Å². The van der Waals surface area contributed by atoms with Crippen LogP contribution in [-0.2, 0) is 0 Å². The zero-order valence-corrected chi connectivity index (χ0v) is 20.3. The Balaban J connectivity index is -0.000000535. The molecule has 0 aromatic rings. The molecular weight excluding hydrogens is 353 g/mol. The Labute approximate surface area is 170 Å². The van der Waals surface area contributed by atoms with Crippen molar-refractivity contribution in [2.24, 2.45) is 10.4 Å². The fourth-order valence-electron chi connectivity index (χ4n) is 0.861. The first kappa shape index (κ1) is 30.1. The third-order valence-electron chi connectivity index (χ3n) is 3.43. The van der Waals surface area contributed by atoms with Crippen LogP contribution >= 0.6 is 9.24 Å². The van der Waals surface area contributed by atoms with E-state index in [9.17, 15) is 5.11 Å². The highest BCUT2D eigenvalue weighted by molar-refractivity contribution is 7.21. The summed E-state index contributed by atoms with van der Waals surface area (Å²) in [5.74, 6) is 0.489. The van der Waals surface area contributed by atoms with Crippen LogP contribution in [0.15, 0.2) is 65.2 Å². The first-order valence-electron chi connectivity index (χ1n) is 9.15. The number of hydrogen-bond donors (Lipinski definition) is 2. The van der Waals surface area contributed by atoms with Gasteiger partial charge in [-0.2, -0.15) is 0 Å². The third kappa shape index (κ3) is 16.3. The van der Waals surface area contributed by atoms with Gasteiger partial charge < -0.3 is 10.2 Å². The van der Waals surface area contributed by atoms with Crippen LogP contribution < -0.4 is 0 Å². The smallest absolute Gasteiger partial charge is 0.114 e. The van der Waals surface area contributed by atoms with Crippen molar-refractivity contribution in [3.8, 4) is 0 Å². The van der Waals surface area contributed by atoms with Crippen molar-refractivity contribution in [3.05, 3.63) is 60.3 Å². The monoisotopic (exact) mass is 395 g/mol. The lowest BCUT2D eigenvalue weighted by atomic mass is 9.95. The van der Waals surface area contributed by atoms with Crippen LogP contribution in [0.5, 0.6) is 0 Å². The van der Waals surface area contributed by atoms with Gasteiger partial charge in [0.2, 0.25) is 0 Å². The quantitative estimate of drug-likeness (QED) is 0.217. The number of aliphatic hydroxyl groups is 2. The van der Waals surface area contributed by atoms with E-state index < -0.39 is 0 Å². The lowest BCUT2D eigenvalue weighted by molar-refractivity contribution is 0.280. The lowest BCUT2D eigenvalue weighted by Gasteiger charge is -2.18. The van der Waals surface area contributed by atoms with Crippen LogP contribution in [0.4, 0.5) is 0 Å². The van der Waals surface area contributed by atoms with E-state index in [0.717, 1.165) is 11.3 Å². The van der Waals surface area contributed by atoms with E-state index in [1.807, 2.05) is 55.4 Å². The Morgan fingerprint density at radius 2 is 1.26 bits per heavy atom. The van der Waals surface area contributed by atoms with Crippen LogP contribution in [0, 0.1) is 5.41 Å². The van der Waals surface area contributed by atoms with Crippen LogP contribution in [-0.4, -0.2) is 21.1 Å². The summed E-state index contributed by atoms with van der Waals surface area (Å²) in [4.78, 5) is 4.42. The maximum Gasteiger partial charge on any atom is 0.114 e. The fraction of sp³-hybridized carbons (Fsp3) is 0.522. The van der Waals surface area contributed by atoms with Gasteiger partial charge in [0.05, 0.1) is 11.5 Å². The van der Waals surface area contributed by atoms with Gasteiger partial charge in [-0.1, -0.05) is 68.2 Å². The molecule has 0 amide bonds. The molecule has 2 N–H and O–H groups in total. The van der Waals surface area contributed by atoms with Gasteiger partial charge in [0.1, 0.15) is 5.76 Å². The van der Waals surface area contributed by atoms with E-state index in [4.69, 9.17) is 5.11 Å². The number of rotatable bonds is 5. The molecule has 0 radical (unpaired) electrons. The minimum Gasteiger partial charge on any atom is -0.512 e. The van der Waals surface area contributed by atoms with Crippen LogP contribution in [0.1, 0.15) is 69.2 Å². The van der Waals surface area contributed by atoms with E-state index >= 15 is 0 Å². The minimum atomic E-state index is -0.139. The molecule has 0 bridgehead atoms. The molecular formula is C23H42NO2P. The Morgan fingerprint density at radius 3 is 1.52 bits per heavy atom. The predicted molar refractivity (Wildman–Crippen MR) is 128 cm³/mol. The average molecular weight is 396 g/mol. The Kier molecular flexibility index (Phi) is 15.1. The molecule has 3 nitrogen and oxygen atoms in total. The van der Waals surface area contributed by atoms with Crippen LogP contribution in [0.3, 0.4) is 0 Å². The fourth-order valence-corrected chi connectivity index (χ4v) is 0.925. The summed E-state index contributed by atoms with van der Waals surface area (Å²) in [5, 5.41) is 18.2. The van der Waals surface area contributed by atoms with E-state index in [1.54, 1.807) is 12.2 Å². The van der Waals surface area contributed by atoms with Gasteiger partial charge in [-0.25, -0.2) is 0 Å². The van der Waals surface area contributed by atoms with E-state index in [0.29, 0.717) is 11.3 Å². The topological polar surface area (TPSA) is 52.8 Å². The summed E-state index contributed by atoms with van der Waals surface area (Å²) in [6.07, 6.45) is 3.33. The second-order valence-corrected chi connectivity index (χ2v) is 9.25. The van der Waals surface area contributed by atoms with Crippen molar-refractivity contribution < 1.29 is 10.2 Å². The maximum absolute atomic E-state index is 9.55. The summed E-state index contributed by atoms with van der Waals surface area (Å²) in [7, 11) is 2.74. The molecule has 0 fully saturated rings. The Morgan fingerprint density at radius 1 is 0.889 bits per heavy atom. The van der Waals surface area contributed by atoms with Gasteiger partial charge >= 0.3 is 0 Å². The van der Waals surface area contributed by atoms with E-state index in [1.165, 1.54) is 0 Å². The second kappa shape index (κ2) is 13.6. The maximum atomic E-state index is 9.55. The molecule has 27 heavy (non-hydrogen) atoms. The standard InChI is InChI=1S/C15H24NOP.C6H12O.C2H6/c1-10(2)14(17)9-8-11(3)12(4)16-13(5)15(6,7)18;1-5(7)6(2,3)4;1-2/h8-9,17H,3-4,18H2,1-2,5-7H3;7H,1H2,2-4H3;1-2H3/b9-8-,16-13?;;. The molecule has 1 unspecified atom stereocenters. The molecule has 0 aliphatic heterocycles. The largest absolute Gasteiger partial charge is 0.512 e. The predicted octanol–water partition coefficient (Wildman–Crippen LogP) is 7.71. The summed E-state index contributed by atoms with van der Waals surface area (Å²) < 4.78 is 0. The average Bonchev–Trinajstić information content (AvgIpc) is 2.52. The molecule has 0 saturated carbocycles. The molecule has 0 aromatic carbocycles. The third-order valence-corrected chi connectivity index (χ3v) is 3.84. The van der Waals surface area contributed by atoms with Crippen LogP contribution in [0.2, 0.25) is 0 Å². The summed E-state index contributed by atoms with van der Waals surface area (Å²) in [5.41, 5.74) is 2.99. The zero-order valence-electron chi connectivity index (χ0n) is 19.2. The molecule has 0 spiro atoms. The van der Waals surface area contributed by atoms with Gasteiger partial charge in [-0.3, -0.25) is 4.99 Å². The normalized spacial score (nSPS) is 11.6. The molecule has 1 atom stereocenters. The first-order valence-corrected chi connectivity index (χ1v) is 9.73. The van der Waals surface area contributed by atoms with Gasteiger partial charge in [-0.15, -0.1) is 9.24 Å². The molecule has 0 saturated heterocycles. The molecule has 156 valence electrons. The number of aliphatic imine (C=N–C) groups is 1. The van der Waals surface area contributed by atoms with Gasteiger partial charge in [0, 0.05) is 16.3 Å². The molecule has 0 rings (SSSR count). The minimum absolute atomic E-state index is 0.0605. The molecule has 4 heteroatoms. The molecule has 0 aliphatic carbocycles. The molecule has 0 aliphatic rings. The van der Waals surface area contributed by atoms with Crippen molar-refractivity contribution in [3.63, 3.8) is 0 Å². The SMILES string of the molecule is C=C(/C=C\C(O)=C(C)C)C(=C)N=C(C)C(C)(C)P.C=C(O)C(C)(C)C.CC. The van der Waals surface area contributed by atoms with Crippen molar-refractivity contribution in [1.82, 2.24) is 0 Å². The van der Waals surface area contributed by atoms with E-state index in [2.05, 4.69) is 47.8 Å². The molecule has 0 aromatic heterocycles. The number of allylic oxidation sites excluding steroid dienone is 4. The Hall–Kier alpha value is -1.60. The highest BCUT2D eigenvalue weighted by Crippen LogP contribution is 2.21. The summed E-state index contributed by atoms with van der Waals surface area (Å²) >= 11 is 0. The van der Waals surface area contributed by atoms with Crippen molar-refractivity contribution in [2.75, 3.05) is 0 Å². The zero-order chi connectivity index (χ0) is 22.6. The van der Waals surface area contributed by atoms with Crippen LogP contribution in [0.25, 0.3) is 0 Å². The second-order valence-electron chi connectivity index (χ2n) is 7.81. The lowest BCUT2D eigenvalue weighted by Crippen LogP contribution is -2.20. The Bertz CT molecular complexity index is 591. The number of hydrogen-bond acceptors (Lipinski definition) is 3. The highest BCUT2D eigenvalue weighted by Gasteiger charge is 2.14. The van der Waals surface area contributed by atoms with Gasteiger partial charge in [0.15, 0.2) is 0 Å². The first-order chi connectivity index (χ1) is 12.0. The van der Waals surface area contributed by atoms with Crippen molar-refractivity contribution in [2.45, 2.75) is 74.4 Å². The summed E-state index contributed by atoms with van der Waals surface area (Å²) in [6.45, 7) is 30.7. The van der Waals surface area contributed by atoms with Crippen molar-refractivity contribution >= 4 is 15.0 Å². The summed E-state index contributed by atoms with van der Waals surface area (Å²) in [6, 6.07) is 0. The molecule has 0 heterocycles. The number of nitrogens with zero attached hydrogens (tertiary/aromatic N) is 1.